The van der Waals surface area contributed by atoms with Gasteiger partial charge in [-0.1, -0.05) is 42.0 Å². The number of rotatable bonds is 8. The summed E-state index contributed by atoms with van der Waals surface area (Å²) in [6.07, 6.45) is 0. The molecule has 1 fully saturated rings. The highest BCUT2D eigenvalue weighted by molar-refractivity contribution is 6.46. The Morgan fingerprint density at radius 2 is 1.74 bits per heavy atom. The maximum Gasteiger partial charge on any atom is 0.295 e. The molecule has 35 heavy (non-hydrogen) atoms. The van der Waals surface area contributed by atoms with Crippen LogP contribution in [0.2, 0.25) is 0 Å². The van der Waals surface area contributed by atoms with Gasteiger partial charge in [0.2, 0.25) is 0 Å². The normalized spacial score (nSPS) is 17.1. The number of carbonyl (C=O) groups excluding carboxylic acids is 2. The van der Waals surface area contributed by atoms with Gasteiger partial charge in [-0.2, -0.15) is 0 Å². The van der Waals surface area contributed by atoms with Gasteiger partial charge in [0, 0.05) is 19.2 Å². The number of ketones is 1. The lowest BCUT2D eigenvalue weighted by atomic mass is 9.95. The van der Waals surface area contributed by atoms with Crippen molar-refractivity contribution in [3.05, 3.63) is 106 Å². The molecule has 1 unspecified atom stereocenters. The Bertz CT molecular complexity index is 1250. The highest BCUT2D eigenvalue weighted by atomic mass is 19.1. The molecule has 180 valence electrons. The van der Waals surface area contributed by atoms with E-state index in [4.69, 9.17) is 9.47 Å². The maximum atomic E-state index is 13.5. The predicted molar refractivity (Wildman–Crippen MR) is 129 cm³/mol. The van der Waals surface area contributed by atoms with Crippen molar-refractivity contribution in [1.29, 1.82) is 0 Å². The number of Topliss-reactive ketones (excluding diaryl/α,β-unsaturated/α-hetero) is 1. The molecule has 1 N–H and O–H groups in total. The van der Waals surface area contributed by atoms with Gasteiger partial charge in [-0.05, 0) is 54.4 Å². The van der Waals surface area contributed by atoms with Crippen LogP contribution in [0.15, 0.2) is 78.4 Å². The van der Waals surface area contributed by atoms with Crippen molar-refractivity contribution in [2.45, 2.75) is 19.6 Å². The summed E-state index contributed by atoms with van der Waals surface area (Å²) >= 11 is 0. The molecular weight excluding hydrogens is 449 g/mol. The van der Waals surface area contributed by atoms with E-state index in [2.05, 4.69) is 0 Å². The average Bonchev–Trinajstić information content (AvgIpc) is 3.11. The lowest BCUT2D eigenvalue weighted by molar-refractivity contribution is -0.140. The first kappa shape index (κ1) is 24.2. The fraction of sp³-hybridized carbons (Fsp3) is 0.214. The lowest BCUT2D eigenvalue weighted by Crippen LogP contribution is -2.32. The Morgan fingerprint density at radius 1 is 1.03 bits per heavy atom. The Hall–Kier alpha value is -3.97. The van der Waals surface area contributed by atoms with Crippen molar-refractivity contribution in [3.63, 3.8) is 0 Å². The number of ether oxygens (including phenoxy) is 2. The second-order valence-corrected chi connectivity index (χ2v) is 8.34. The van der Waals surface area contributed by atoms with Crippen LogP contribution < -0.4 is 4.74 Å². The number of aliphatic hydroxyl groups excluding tert-OH is 1. The zero-order chi connectivity index (χ0) is 24.9. The number of hydrogen-bond acceptors (Lipinski definition) is 5. The van der Waals surface area contributed by atoms with Crippen molar-refractivity contribution in [3.8, 4) is 5.75 Å². The number of amides is 1. The standard InChI is InChI=1S/C28H26FNO5/c1-18-4-3-5-19(16-18)17-35-23-12-8-21(9-13-23)26(31)24-25(20-6-10-22(29)11-7-20)30(14-15-34-2)28(33)27(24)32/h3-13,16,25,31H,14-15,17H2,1-2H3/b26-24-. The molecule has 3 aromatic carbocycles. The third-order valence-corrected chi connectivity index (χ3v) is 5.88. The summed E-state index contributed by atoms with van der Waals surface area (Å²) in [6, 6.07) is 19.3. The minimum Gasteiger partial charge on any atom is -0.507 e. The molecule has 7 heteroatoms. The van der Waals surface area contributed by atoms with Crippen molar-refractivity contribution >= 4 is 17.4 Å². The minimum atomic E-state index is -0.858. The summed E-state index contributed by atoms with van der Waals surface area (Å²) in [5, 5.41) is 11.1. The average molecular weight is 476 g/mol. The molecule has 1 amide bonds. The molecule has 0 radical (unpaired) electrons. The molecule has 0 spiro atoms. The van der Waals surface area contributed by atoms with E-state index in [0.29, 0.717) is 23.5 Å². The van der Waals surface area contributed by atoms with Crippen LogP contribution in [0.1, 0.15) is 28.3 Å². The van der Waals surface area contributed by atoms with E-state index < -0.39 is 23.5 Å². The highest BCUT2D eigenvalue weighted by Gasteiger charge is 2.45. The Balaban J connectivity index is 1.63. The van der Waals surface area contributed by atoms with Crippen LogP contribution in [0, 0.1) is 12.7 Å². The number of aryl methyl sites for hydroxylation is 1. The van der Waals surface area contributed by atoms with E-state index in [1.165, 1.54) is 36.3 Å². The molecule has 1 saturated heterocycles. The van der Waals surface area contributed by atoms with Crippen LogP contribution in [0.5, 0.6) is 5.75 Å². The maximum absolute atomic E-state index is 13.5. The van der Waals surface area contributed by atoms with Gasteiger partial charge < -0.3 is 19.5 Å². The third kappa shape index (κ3) is 5.25. The Labute approximate surface area is 203 Å². The van der Waals surface area contributed by atoms with E-state index >= 15 is 0 Å². The zero-order valence-electron chi connectivity index (χ0n) is 19.5. The second-order valence-electron chi connectivity index (χ2n) is 8.34. The number of methoxy groups -OCH3 is 1. The van der Waals surface area contributed by atoms with E-state index in [1.54, 1.807) is 24.3 Å². The molecule has 0 bridgehead atoms. The van der Waals surface area contributed by atoms with Crippen molar-refractivity contribution in [2.24, 2.45) is 0 Å². The topological polar surface area (TPSA) is 76.1 Å². The van der Waals surface area contributed by atoms with Gasteiger partial charge in [0.15, 0.2) is 0 Å². The quantitative estimate of drug-likeness (QED) is 0.288. The molecule has 4 rings (SSSR count). The molecule has 1 aliphatic rings. The van der Waals surface area contributed by atoms with Crippen LogP contribution in [0.4, 0.5) is 4.39 Å². The molecule has 1 aliphatic heterocycles. The summed E-state index contributed by atoms with van der Waals surface area (Å²) < 4.78 is 24.5. The molecule has 0 aliphatic carbocycles. The fourth-order valence-electron chi connectivity index (χ4n) is 4.13. The molecule has 1 atom stereocenters. The predicted octanol–water partition coefficient (Wildman–Crippen LogP) is 4.78. The van der Waals surface area contributed by atoms with Gasteiger partial charge in [0.25, 0.3) is 11.7 Å². The van der Waals surface area contributed by atoms with E-state index in [-0.39, 0.29) is 24.5 Å². The van der Waals surface area contributed by atoms with Crippen molar-refractivity contribution in [1.82, 2.24) is 4.90 Å². The molecule has 3 aromatic rings. The summed E-state index contributed by atoms with van der Waals surface area (Å²) in [7, 11) is 1.49. The molecule has 0 aromatic heterocycles. The molecule has 0 saturated carbocycles. The van der Waals surface area contributed by atoms with Gasteiger partial charge >= 0.3 is 0 Å². The van der Waals surface area contributed by atoms with Gasteiger partial charge in [-0.25, -0.2) is 4.39 Å². The van der Waals surface area contributed by atoms with Crippen LogP contribution >= 0.6 is 0 Å². The first-order valence-corrected chi connectivity index (χ1v) is 11.2. The summed E-state index contributed by atoms with van der Waals surface area (Å²) in [5.41, 5.74) is 3.01. The van der Waals surface area contributed by atoms with Crippen LogP contribution in [0.25, 0.3) is 5.76 Å². The number of nitrogens with zero attached hydrogens (tertiary/aromatic N) is 1. The molecular formula is C28H26FNO5. The van der Waals surface area contributed by atoms with Crippen LogP contribution in [-0.2, 0) is 20.9 Å². The van der Waals surface area contributed by atoms with E-state index in [1.807, 2.05) is 31.2 Å². The molecule has 1 heterocycles. The monoisotopic (exact) mass is 475 g/mol. The SMILES string of the molecule is COCCN1C(=O)C(=O)/C(=C(\O)c2ccc(OCc3cccc(C)c3)cc2)C1c1ccc(F)cc1. The largest absolute Gasteiger partial charge is 0.507 e. The van der Waals surface area contributed by atoms with Gasteiger partial charge in [-0.3, -0.25) is 9.59 Å². The lowest BCUT2D eigenvalue weighted by Gasteiger charge is -2.25. The number of hydrogen-bond donors (Lipinski definition) is 1. The van der Waals surface area contributed by atoms with Crippen LogP contribution in [-0.4, -0.2) is 42.0 Å². The Morgan fingerprint density at radius 3 is 2.40 bits per heavy atom. The number of carbonyl (C=O) groups is 2. The first-order chi connectivity index (χ1) is 16.9. The Kier molecular flexibility index (Phi) is 7.27. The fourth-order valence-corrected chi connectivity index (χ4v) is 4.13. The number of halogens is 1. The minimum absolute atomic E-state index is 0.0499. The number of likely N-dealkylation sites (tertiary alicyclic amines) is 1. The van der Waals surface area contributed by atoms with Gasteiger partial charge in [-0.15, -0.1) is 0 Å². The van der Waals surface area contributed by atoms with E-state index in [9.17, 15) is 19.1 Å². The third-order valence-electron chi connectivity index (χ3n) is 5.88. The summed E-state index contributed by atoms with van der Waals surface area (Å²) in [4.78, 5) is 27.1. The van der Waals surface area contributed by atoms with Gasteiger partial charge in [0.1, 0.15) is 23.9 Å². The van der Waals surface area contributed by atoms with Crippen LogP contribution in [0.3, 0.4) is 0 Å². The van der Waals surface area contributed by atoms with Gasteiger partial charge in [0.05, 0.1) is 18.2 Å². The highest BCUT2D eigenvalue weighted by Crippen LogP contribution is 2.39. The van der Waals surface area contributed by atoms with Crippen molar-refractivity contribution in [2.75, 3.05) is 20.3 Å². The first-order valence-electron chi connectivity index (χ1n) is 11.2. The number of aliphatic hydroxyl groups is 1. The molecule has 6 nitrogen and oxygen atoms in total. The zero-order valence-corrected chi connectivity index (χ0v) is 19.5. The van der Waals surface area contributed by atoms with E-state index in [0.717, 1.165) is 11.1 Å². The smallest absolute Gasteiger partial charge is 0.295 e. The summed E-state index contributed by atoms with van der Waals surface area (Å²) in [6.45, 7) is 2.75. The summed E-state index contributed by atoms with van der Waals surface area (Å²) in [5.74, 6) is -1.69. The van der Waals surface area contributed by atoms with Crippen molar-refractivity contribution < 1.29 is 28.6 Å². The second kappa shape index (κ2) is 10.5. The number of benzene rings is 3.